The second-order valence-corrected chi connectivity index (χ2v) is 5.00. The number of anilines is 2. The Kier molecular flexibility index (Phi) is 3.74. The number of rotatable bonds is 2. The summed E-state index contributed by atoms with van der Waals surface area (Å²) in [5.41, 5.74) is 2.45. The van der Waals surface area contributed by atoms with Gasteiger partial charge in [0.25, 0.3) is 5.91 Å². The topological polar surface area (TPSA) is 80.3 Å². The number of aryl methyl sites for hydroxylation is 1. The Hall–Kier alpha value is -2.89. The Morgan fingerprint density at radius 3 is 3.00 bits per heavy atom. The number of amides is 2. The number of nitrogens with zero attached hydrogens (tertiary/aromatic N) is 1. The van der Waals surface area contributed by atoms with E-state index in [0.717, 1.165) is 5.69 Å². The molecule has 112 valence electrons. The van der Waals surface area contributed by atoms with E-state index < -0.39 is 0 Å². The molecule has 0 fully saturated rings. The van der Waals surface area contributed by atoms with Crippen LogP contribution in [0.15, 0.2) is 36.5 Å². The van der Waals surface area contributed by atoms with Crippen LogP contribution in [-0.2, 0) is 4.79 Å². The minimum Gasteiger partial charge on any atom is -0.491 e. The highest BCUT2D eigenvalue weighted by Crippen LogP contribution is 2.28. The van der Waals surface area contributed by atoms with Crippen molar-refractivity contribution in [2.75, 3.05) is 17.2 Å². The summed E-state index contributed by atoms with van der Waals surface area (Å²) in [6, 6.07) is 8.47. The normalized spacial score (nSPS) is 13.4. The first-order valence-electron chi connectivity index (χ1n) is 6.92. The molecule has 2 N–H and O–H groups in total. The molecule has 1 aliphatic heterocycles. The Morgan fingerprint density at radius 1 is 1.32 bits per heavy atom. The minimum atomic E-state index is -0.258. The fourth-order valence-corrected chi connectivity index (χ4v) is 2.19. The molecule has 2 amide bonds. The quantitative estimate of drug-likeness (QED) is 0.891. The van der Waals surface area contributed by atoms with Gasteiger partial charge < -0.3 is 15.4 Å². The average Bonchev–Trinajstić information content (AvgIpc) is 2.67. The van der Waals surface area contributed by atoms with E-state index >= 15 is 0 Å². The van der Waals surface area contributed by atoms with Crippen LogP contribution in [0.4, 0.5) is 11.4 Å². The molecule has 1 aliphatic rings. The third kappa shape index (κ3) is 3.06. The lowest BCUT2D eigenvalue weighted by Crippen LogP contribution is -2.13. The van der Waals surface area contributed by atoms with Crippen molar-refractivity contribution in [3.8, 4) is 5.75 Å². The van der Waals surface area contributed by atoms with Crippen LogP contribution in [0.25, 0.3) is 0 Å². The van der Waals surface area contributed by atoms with Crippen LogP contribution in [0.5, 0.6) is 5.75 Å². The third-order valence-corrected chi connectivity index (χ3v) is 3.26. The van der Waals surface area contributed by atoms with E-state index in [9.17, 15) is 9.59 Å². The van der Waals surface area contributed by atoms with Gasteiger partial charge in [-0.15, -0.1) is 0 Å². The highest BCUT2D eigenvalue weighted by molar-refractivity contribution is 6.05. The molecule has 1 aromatic heterocycles. The molecule has 6 heteroatoms. The molecule has 0 atom stereocenters. The van der Waals surface area contributed by atoms with Gasteiger partial charge in [0.15, 0.2) is 0 Å². The van der Waals surface area contributed by atoms with Crippen LogP contribution in [-0.4, -0.2) is 23.4 Å². The second kappa shape index (κ2) is 5.85. The molecule has 0 aliphatic carbocycles. The van der Waals surface area contributed by atoms with Crippen LogP contribution >= 0.6 is 0 Å². The molecule has 1 aromatic carbocycles. The van der Waals surface area contributed by atoms with Gasteiger partial charge in [-0.2, -0.15) is 0 Å². The van der Waals surface area contributed by atoms with Gasteiger partial charge in [0.2, 0.25) is 5.91 Å². The fourth-order valence-electron chi connectivity index (χ4n) is 2.19. The first-order valence-corrected chi connectivity index (χ1v) is 6.92. The van der Waals surface area contributed by atoms with E-state index in [4.69, 9.17) is 4.74 Å². The monoisotopic (exact) mass is 297 g/mol. The Labute approximate surface area is 127 Å². The summed E-state index contributed by atoms with van der Waals surface area (Å²) >= 11 is 0. The van der Waals surface area contributed by atoms with Gasteiger partial charge in [0.05, 0.1) is 18.7 Å². The smallest absolute Gasteiger partial charge is 0.255 e. The van der Waals surface area contributed by atoms with Gasteiger partial charge in [-0.25, -0.2) is 0 Å². The molecule has 0 bridgehead atoms. The summed E-state index contributed by atoms with van der Waals surface area (Å²) in [6.07, 6.45) is 1.93. The number of hydrogen-bond donors (Lipinski definition) is 2. The maximum absolute atomic E-state index is 12.3. The molecule has 0 saturated heterocycles. The maximum Gasteiger partial charge on any atom is 0.255 e. The molecule has 6 nitrogen and oxygen atoms in total. The molecule has 0 radical (unpaired) electrons. The number of carbonyl (C=O) groups is 2. The zero-order valence-electron chi connectivity index (χ0n) is 12.1. The van der Waals surface area contributed by atoms with E-state index in [-0.39, 0.29) is 11.8 Å². The van der Waals surface area contributed by atoms with Gasteiger partial charge >= 0.3 is 0 Å². The van der Waals surface area contributed by atoms with Gasteiger partial charge in [-0.05, 0) is 37.3 Å². The van der Waals surface area contributed by atoms with Crippen molar-refractivity contribution >= 4 is 23.2 Å². The van der Waals surface area contributed by atoms with E-state index in [1.165, 1.54) is 0 Å². The Balaban J connectivity index is 1.83. The number of hydrogen-bond acceptors (Lipinski definition) is 4. The van der Waals surface area contributed by atoms with Crippen molar-refractivity contribution < 1.29 is 14.3 Å². The lowest BCUT2D eigenvalue weighted by molar-refractivity contribution is -0.116. The number of benzene rings is 1. The number of aromatic nitrogens is 1. The van der Waals surface area contributed by atoms with Crippen LogP contribution < -0.4 is 15.4 Å². The lowest BCUT2D eigenvalue weighted by Gasteiger charge is -2.10. The van der Waals surface area contributed by atoms with Crippen molar-refractivity contribution in [2.45, 2.75) is 13.3 Å². The Morgan fingerprint density at radius 2 is 2.18 bits per heavy atom. The predicted octanol–water partition coefficient (Wildman–Crippen LogP) is 2.36. The van der Waals surface area contributed by atoms with E-state index in [1.54, 1.807) is 36.5 Å². The van der Waals surface area contributed by atoms with Crippen molar-refractivity contribution in [1.29, 1.82) is 0 Å². The van der Waals surface area contributed by atoms with Gasteiger partial charge in [0.1, 0.15) is 5.75 Å². The zero-order valence-corrected chi connectivity index (χ0v) is 12.1. The van der Waals surface area contributed by atoms with Crippen LogP contribution in [0.1, 0.15) is 22.5 Å². The molecule has 0 unspecified atom stereocenters. The largest absolute Gasteiger partial charge is 0.491 e. The summed E-state index contributed by atoms with van der Waals surface area (Å²) in [5, 5.41) is 5.54. The summed E-state index contributed by atoms with van der Waals surface area (Å²) in [4.78, 5) is 27.9. The minimum absolute atomic E-state index is 0.124. The van der Waals surface area contributed by atoms with Crippen molar-refractivity contribution in [2.24, 2.45) is 0 Å². The number of fused-ring (bicyclic) bond motifs is 1. The molecule has 3 rings (SSSR count). The standard InChI is InChI=1S/C16H15N3O3/c1-10-8-12(4-6-17-10)18-16(21)11-2-3-14-13(9-11)19-15(20)5-7-22-14/h2-4,6,8-9H,5,7H2,1H3,(H,19,20)(H,17,18,21). The Bertz CT molecular complexity index is 743. The number of nitrogens with one attached hydrogen (secondary N) is 2. The molecule has 22 heavy (non-hydrogen) atoms. The maximum atomic E-state index is 12.3. The summed E-state index contributed by atoms with van der Waals surface area (Å²) in [7, 11) is 0. The SMILES string of the molecule is Cc1cc(NC(=O)c2ccc3c(c2)NC(=O)CCO3)ccn1. The zero-order chi connectivity index (χ0) is 15.5. The van der Waals surface area contributed by atoms with Gasteiger partial charge in [0, 0.05) is 23.1 Å². The van der Waals surface area contributed by atoms with Crippen LogP contribution in [0.2, 0.25) is 0 Å². The van der Waals surface area contributed by atoms with Crippen molar-refractivity contribution in [3.63, 3.8) is 0 Å². The molecule has 0 saturated carbocycles. The molecule has 0 spiro atoms. The molecular weight excluding hydrogens is 282 g/mol. The fraction of sp³-hybridized carbons (Fsp3) is 0.188. The van der Waals surface area contributed by atoms with Crippen molar-refractivity contribution in [3.05, 3.63) is 47.8 Å². The van der Waals surface area contributed by atoms with E-state index in [2.05, 4.69) is 15.6 Å². The summed E-state index contributed by atoms with van der Waals surface area (Å²) < 4.78 is 5.46. The number of pyridine rings is 1. The molecule has 2 heterocycles. The van der Waals surface area contributed by atoms with Gasteiger partial charge in [-0.1, -0.05) is 0 Å². The van der Waals surface area contributed by atoms with Crippen molar-refractivity contribution in [1.82, 2.24) is 4.98 Å². The highest BCUT2D eigenvalue weighted by atomic mass is 16.5. The summed E-state index contributed by atoms with van der Waals surface area (Å²) in [6.45, 7) is 2.19. The number of carbonyl (C=O) groups excluding carboxylic acids is 2. The first kappa shape index (κ1) is 14.1. The van der Waals surface area contributed by atoms with E-state index in [1.807, 2.05) is 6.92 Å². The summed E-state index contributed by atoms with van der Waals surface area (Å²) in [5.74, 6) is 0.190. The predicted molar refractivity (Wildman–Crippen MR) is 82.1 cm³/mol. The van der Waals surface area contributed by atoms with Gasteiger partial charge in [-0.3, -0.25) is 14.6 Å². The molecular formula is C16H15N3O3. The van der Waals surface area contributed by atoms with E-state index in [0.29, 0.717) is 35.7 Å². The van der Waals surface area contributed by atoms with Crippen LogP contribution in [0.3, 0.4) is 0 Å². The molecule has 2 aromatic rings. The first-order chi connectivity index (χ1) is 10.6. The van der Waals surface area contributed by atoms with Crippen LogP contribution in [0, 0.1) is 6.92 Å². The second-order valence-electron chi connectivity index (χ2n) is 5.00. The highest BCUT2D eigenvalue weighted by Gasteiger charge is 2.16. The number of ether oxygens (including phenoxy) is 1. The lowest BCUT2D eigenvalue weighted by atomic mass is 10.1. The third-order valence-electron chi connectivity index (χ3n) is 3.26. The average molecular weight is 297 g/mol.